The molecule has 0 aliphatic rings. The molecule has 0 saturated heterocycles. The minimum atomic E-state index is 0.408. The second kappa shape index (κ2) is 7.37. The number of nitrogens with zero attached hydrogens (tertiary/aromatic N) is 1. The first-order valence-corrected chi connectivity index (χ1v) is 6.93. The van der Waals surface area contributed by atoms with E-state index in [0.717, 1.165) is 18.1 Å². The van der Waals surface area contributed by atoms with Gasteiger partial charge >= 0.3 is 0 Å². The van der Waals surface area contributed by atoms with E-state index in [1.807, 2.05) is 19.1 Å². The highest BCUT2D eigenvalue weighted by molar-refractivity contribution is 5.20. The third-order valence-corrected chi connectivity index (χ3v) is 3.16. The summed E-state index contributed by atoms with van der Waals surface area (Å²) in [5, 5.41) is 3.50. The molecule has 0 radical (unpaired) electrons. The zero-order valence-corrected chi connectivity index (χ0v) is 12.2. The van der Waals surface area contributed by atoms with Gasteiger partial charge in [0.25, 0.3) is 0 Å². The number of likely N-dealkylation sites (N-methyl/N-ethyl adjacent to an activating group) is 1. The van der Waals surface area contributed by atoms with Gasteiger partial charge < -0.3 is 10.1 Å². The minimum absolute atomic E-state index is 0.408. The predicted molar refractivity (Wildman–Crippen MR) is 76.1 cm³/mol. The molecule has 3 nitrogen and oxygen atoms in total. The van der Waals surface area contributed by atoms with E-state index in [-0.39, 0.29) is 0 Å². The molecular formula is C15H26N2O. The zero-order chi connectivity index (χ0) is 13.5. The van der Waals surface area contributed by atoms with Crippen molar-refractivity contribution in [3.8, 4) is 5.88 Å². The van der Waals surface area contributed by atoms with Crippen molar-refractivity contribution >= 4 is 0 Å². The summed E-state index contributed by atoms with van der Waals surface area (Å²) in [6.07, 6.45) is 0. The van der Waals surface area contributed by atoms with E-state index < -0.39 is 0 Å². The maximum Gasteiger partial charge on any atom is 0.213 e. The van der Waals surface area contributed by atoms with Crippen LogP contribution in [0.1, 0.15) is 46.2 Å². The number of rotatable bonds is 7. The highest BCUT2D eigenvalue weighted by Gasteiger charge is 2.23. The lowest BCUT2D eigenvalue weighted by Crippen LogP contribution is -2.35. The molecule has 3 heteroatoms. The molecular weight excluding hydrogens is 224 g/mol. The van der Waals surface area contributed by atoms with Crippen LogP contribution in [0.15, 0.2) is 18.2 Å². The molecule has 2 atom stereocenters. The van der Waals surface area contributed by atoms with Gasteiger partial charge in [-0.2, -0.15) is 0 Å². The number of aromatic nitrogens is 1. The molecule has 2 unspecified atom stereocenters. The van der Waals surface area contributed by atoms with Crippen LogP contribution < -0.4 is 10.1 Å². The Labute approximate surface area is 111 Å². The summed E-state index contributed by atoms with van der Waals surface area (Å²) in [6.45, 7) is 12.5. The average molecular weight is 250 g/mol. The summed E-state index contributed by atoms with van der Waals surface area (Å²) in [5.74, 6) is 1.68. The van der Waals surface area contributed by atoms with Crippen LogP contribution >= 0.6 is 0 Å². The van der Waals surface area contributed by atoms with Crippen molar-refractivity contribution in [1.82, 2.24) is 10.3 Å². The summed E-state index contributed by atoms with van der Waals surface area (Å²) in [5.41, 5.74) is 1.12. The monoisotopic (exact) mass is 250 g/mol. The van der Waals surface area contributed by atoms with E-state index in [9.17, 15) is 0 Å². The highest BCUT2D eigenvalue weighted by atomic mass is 16.5. The minimum Gasteiger partial charge on any atom is -0.478 e. The second-order valence-corrected chi connectivity index (χ2v) is 4.95. The van der Waals surface area contributed by atoms with E-state index >= 15 is 0 Å². The fourth-order valence-corrected chi connectivity index (χ4v) is 2.47. The van der Waals surface area contributed by atoms with Crippen LogP contribution in [-0.2, 0) is 0 Å². The Kier molecular flexibility index (Phi) is 6.13. The number of nitrogens with one attached hydrogen (secondary N) is 1. The Hall–Kier alpha value is -1.09. The normalized spacial score (nSPS) is 14.6. The molecule has 18 heavy (non-hydrogen) atoms. The van der Waals surface area contributed by atoms with Crippen molar-refractivity contribution in [3.63, 3.8) is 0 Å². The van der Waals surface area contributed by atoms with Gasteiger partial charge in [-0.1, -0.05) is 26.8 Å². The van der Waals surface area contributed by atoms with Crippen molar-refractivity contribution in [3.05, 3.63) is 23.9 Å². The van der Waals surface area contributed by atoms with Gasteiger partial charge in [0, 0.05) is 23.7 Å². The molecule has 0 amide bonds. The van der Waals surface area contributed by atoms with Crippen LogP contribution in [0.3, 0.4) is 0 Å². The molecule has 1 heterocycles. The molecule has 0 aliphatic carbocycles. The molecule has 102 valence electrons. The lowest BCUT2D eigenvalue weighted by atomic mass is 9.86. The molecule has 1 rings (SSSR count). The van der Waals surface area contributed by atoms with Gasteiger partial charge in [-0.25, -0.2) is 4.98 Å². The number of ether oxygens (including phenoxy) is 1. The van der Waals surface area contributed by atoms with E-state index in [0.29, 0.717) is 24.5 Å². The third-order valence-electron chi connectivity index (χ3n) is 3.16. The van der Waals surface area contributed by atoms with Crippen LogP contribution in [0, 0.1) is 5.92 Å². The van der Waals surface area contributed by atoms with Crippen LogP contribution in [-0.4, -0.2) is 24.2 Å². The van der Waals surface area contributed by atoms with Crippen molar-refractivity contribution < 1.29 is 4.74 Å². The lowest BCUT2D eigenvalue weighted by molar-refractivity contribution is 0.319. The molecule has 0 aromatic carbocycles. The summed E-state index contributed by atoms with van der Waals surface area (Å²) < 4.78 is 5.48. The topological polar surface area (TPSA) is 34.1 Å². The lowest BCUT2D eigenvalue weighted by Gasteiger charge is -2.27. The molecule has 0 bridgehead atoms. The van der Waals surface area contributed by atoms with Gasteiger partial charge in [-0.3, -0.25) is 0 Å². The van der Waals surface area contributed by atoms with Crippen LogP contribution in [0.4, 0.5) is 0 Å². The van der Waals surface area contributed by atoms with Crippen LogP contribution in [0.25, 0.3) is 0 Å². The Morgan fingerprint density at radius 1 is 1.22 bits per heavy atom. The smallest absolute Gasteiger partial charge is 0.213 e. The maximum absolute atomic E-state index is 5.48. The van der Waals surface area contributed by atoms with Crippen LogP contribution in [0.5, 0.6) is 5.88 Å². The molecule has 1 aromatic heterocycles. The summed E-state index contributed by atoms with van der Waals surface area (Å²) in [6, 6.07) is 6.46. The molecule has 1 N–H and O–H groups in total. The fourth-order valence-electron chi connectivity index (χ4n) is 2.47. The van der Waals surface area contributed by atoms with Gasteiger partial charge in [0.1, 0.15) is 0 Å². The first-order valence-electron chi connectivity index (χ1n) is 6.93. The average Bonchev–Trinajstić information content (AvgIpc) is 2.30. The first kappa shape index (κ1) is 15.0. The van der Waals surface area contributed by atoms with Gasteiger partial charge in [0.05, 0.1) is 6.61 Å². The van der Waals surface area contributed by atoms with Gasteiger partial charge in [-0.05, 0) is 32.4 Å². The van der Waals surface area contributed by atoms with Crippen molar-refractivity contribution in [2.45, 2.75) is 46.6 Å². The van der Waals surface area contributed by atoms with Gasteiger partial charge in [0.15, 0.2) is 0 Å². The molecule has 0 spiro atoms. The SMILES string of the molecule is CCNC(C)C(c1cccc(OCC)n1)C(C)C. The Balaban J connectivity index is 2.94. The maximum atomic E-state index is 5.48. The van der Waals surface area contributed by atoms with Crippen LogP contribution in [0.2, 0.25) is 0 Å². The Morgan fingerprint density at radius 3 is 2.50 bits per heavy atom. The van der Waals surface area contributed by atoms with E-state index in [1.54, 1.807) is 0 Å². The van der Waals surface area contributed by atoms with Crippen molar-refractivity contribution in [2.24, 2.45) is 5.92 Å². The first-order chi connectivity index (χ1) is 8.60. The summed E-state index contributed by atoms with van der Waals surface area (Å²) >= 11 is 0. The molecule has 0 fully saturated rings. The molecule has 1 aromatic rings. The Bertz CT molecular complexity index is 352. The van der Waals surface area contributed by atoms with E-state index in [2.05, 4.69) is 44.1 Å². The Morgan fingerprint density at radius 2 is 1.94 bits per heavy atom. The third kappa shape index (κ3) is 3.98. The zero-order valence-electron chi connectivity index (χ0n) is 12.2. The second-order valence-electron chi connectivity index (χ2n) is 4.95. The summed E-state index contributed by atoms with van der Waals surface area (Å²) in [4.78, 5) is 4.63. The highest BCUT2D eigenvalue weighted by Crippen LogP contribution is 2.27. The fraction of sp³-hybridized carbons (Fsp3) is 0.667. The largest absolute Gasteiger partial charge is 0.478 e. The van der Waals surface area contributed by atoms with Crippen molar-refractivity contribution in [2.75, 3.05) is 13.2 Å². The van der Waals surface area contributed by atoms with Crippen molar-refractivity contribution in [1.29, 1.82) is 0 Å². The quantitative estimate of drug-likeness (QED) is 0.807. The molecule has 0 saturated carbocycles. The van der Waals surface area contributed by atoms with E-state index in [1.165, 1.54) is 0 Å². The molecule has 0 aliphatic heterocycles. The van der Waals surface area contributed by atoms with E-state index in [4.69, 9.17) is 4.74 Å². The standard InChI is InChI=1S/C15H26N2O/c1-6-16-12(5)15(11(3)4)13-9-8-10-14(17-13)18-7-2/h8-12,15-16H,6-7H2,1-5H3. The number of hydrogen-bond acceptors (Lipinski definition) is 3. The number of hydrogen-bond donors (Lipinski definition) is 1. The number of pyridine rings is 1. The summed E-state index contributed by atoms with van der Waals surface area (Å²) in [7, 11) is 0. The predicted octanol–water partition coefficient (Wildman–Crippen LogP) is 3.22. The van der Waals surface area contributed by atoms with Gasteiger partial charge in [0.2, 0.25) is 5.88 Å². The van der Waals surface area contributed by atoms with Gasteiger partial charge in [-0.15, -0.1) is 0 Å².